The van der Waals surface area contributed by atoms with Gasteiger partial charge < -0.3 is 5.32 Å². The van der Waals surface area contributed by atoms with E-state index in [0.717, 1.165) is 12.0 Å². The molecule has 1 unspecified atom stereocenters. The number of halogens is 1. The van der Waals surface area contributed by atoms with Crippen molar-refractivity contribution in [1.29, 1.82) is 0 Å². The van der Waals surface area contributed by atoms with Crippen LogP contribution in [-0.4, -0.2) is 5.91 Å². The summed E-state index contributed by atoms with van der Waals surface area (Å²) in [6.07, 6.45) is 0.787. The molecule has 0 bridgehead atoms. The fourth-order valence-corrected chi connectivity index (χ4v) is 1.42. The van der Waals surface area contributed by atoms with Gasteiger partial charge in [0.25, 0.3) is 0 Å². The van der Waals surface area contributed by atoms with E-state index < -0.39 is 0 Å². The van der Waals surface area contributed by atoms with Crippen molar-refractivity contribution in [3.05, 3.63) is 29.8 Å². The van der Waals surface area contributed by atoms with E-state index in [1.54, 1.807) is 12.1 Å². The Balaban J connectivity index is 2.78. The average molecular weight is 211 g/mol. The third-order valence-electron chi connectivity index (χ3n) is 2.16. The van der Waals surface area contributed by atoms with Gasteiger partial charge in [0.15, 0.2) is 5.75 Å². The van der Waals surface area contributed by atoms with Crippen LogP contribution in [0.1, 0.15) is 31.9 Å². The summed E-state index contributed by atoms with van der Waals surface area (Å²) in [5.74, 6) is 0.0871. The Morgan fingerprint density at radius 1 is 1.47 bits per heavy atom. The molecule has 0 aliphatic rings. The van der Waals surface area contributed by atoms with E-state index >= 15 is 0 Å². The third-order valence-corrected chi connectivity index (χ3v) is 2.16. The van der Waals surface area contributed by atoms with Crippen LogP contribution in [0, 0.1) is 0 Å². The fraction of sp³-hybridized carbons (Fsp3) is 0.364. The molecule has 0 aromatic heterocycles. The molecule has 1 aromatic rings. The minimum atomic E-state index is -0.0762. The zero-order valence-corrected chi connectivity index (χ0v) is 8.79. The number of hydrogen-bond donors (Lipinski definition) is 1. The maximum absolute atomic E-state index is 11.8. The molecule has 0 spiro atoms. The van der Waals surface area contributed by atoms with Crippen LogP contribution in [0.5, 0.6) is 5.75 Å². The lowest BCUT2D eigenvalue weighted by Crippen LogP contribution is -2.25. The first-order chi connectivity index (χ1) is 7.17. The van der Waals surface area contributed by atoms with Gasteiger partial charge in [0, 0.05) is 11.4 Å². The number of amides is 1. The minimum Gasteiger partial charge on any atom is -0.350 e. The van der Waals surface area contributed by atoms with E-state index in [1.165, 1.54) is 19.1 Å². The molecule has 1 N–H and O–H groups in total. The Hall–Kier alpha value is -1.58. The molecule has 4 heteroatoms. The summed E-state index contributed by atoms with van der Waals surface area (Å²) in [5, 5.41) is 2.81. The summed E-state index contributed by atoms with van der Waals surface area (Å²) in [4.78, 5) is 14.5. The highest BCUT2D eigenvalue weighted by Crippen LogP contribution is 2.20. The van der Waals surface area contributed by atoms with Crippen molar-refractivity contribution < 1.29 is 14.3 Å². The van der Waals surface area contributed by atoms with Gasteiger partial charge in [-0.1, -0.05) is 19.1 Å². The molecule has 1 atom stereocenters. The normalized spacial score (nSPS) is 11.9. The van der Waals surface area contributed by atoms with Gasteiger partial charge >= 0.3 is 0 Å². The highest BCUT2D eigenvalue weighted by molar-refractivity contribution is 5.73. The molecule has 15 heavy (non-hydrogen) atoms. The van der Waals surface area contributed by atoms with Crippen LogP contribution in [0.25, 0.3) is 0 Å². The smallest absolute Gasteiger partial charge is 0.217 e. The van der Waals surface area contributed by atoms with Gasteiger partial charge in [-0.3, -0.25) is 9.74 Å². The fourth-order valence-electron chi connectivity index (χ4n) is 1.42. The van der Waals surface area contributed by atoms with Crippen molar-refractivity contribution in [2.75, 3.05) is 0 Å². The molecule has 0 radical (unpaired) electrons. The van der Waals surface area contributed by atoms with Crippen LogP contribution in [-0.2, 0) is 4.79 Å². The highest BCUT2D eigenvalue weighted by atomic mass is 19.3. The zero-order chi connectivity index (χ0) is 11.3. The van der Waals surface area contributed by atoms with E-state index in [9.17, 15) is 9.32 Å². The van der Waals surface area contributed by atoms with Crippen molar-refractivity contribution in [3.63, 3.8) is 0 Å². The van der Waals surface area contributed by atoms with Crippen molar-refractivity contribution in [2.24, 2.45) is 0 Å². The molecule has 3 nitrogen and oxygen atoms in total. The predicted molar refractivity (Wildman–Crippen MR) is 55.0 cm³/mol. The second-order valence-electron chi connectivity index (χ2n) is 3.31. The summed E-state index contributed by atoms with van der Waals surface area (Å²) in [5.41, 5.74) is 0.938. The molecular formula is C11H14FNO2. The van der Waals surface area contributed by atoms with E-state index in [2.05, 4.69) is 10.3 Å². The molecular weight excluding hydrogens is 197 g/mol. The van der Waals surface area contributed by atoms with Gasteiger partial charge in [0.2, 0.25) is 5.91 Å². The molecule has 0 aliphatic carbocycles. The number of hydrogen-bond acceptors (Lipinski definition) is 2. The molecule has 1 aromatic carbocycles. The van der Waals surface area contributed by atoms with Crippen LogP contribution in [0.4, 0.5) is 4.53 Å². The third kappa shape index (κ3) is 3.23. The molecule has 0 saturated heterocycles. The Kier molecular flexibility index (Phi) is 4.09. The van der Waals surface area contributed by atoms with E-state index in [4.69, 9.17) is 0 Å². The lowest BCUT2D eigenvalue weighted by molar-refractivity contribution is -0.119. The second kappa shape index (κ2) is 5.34. The molecule has 1 rings (SSSR count). The largest absolute Gasteiger partial charge is 0.350 e. The monoisotopic (exact) mass is 211 g/mol. The zero-order valence-electron chi connectivity index (χ0n) is 8.79. The maximum atomic E-state index is 11.8. The van der Waals surface area contributed by atoms with Crippen LogP contribution >= 0.6 is 0 Å². The van der Waals surface area contributed by atoms with Crippen molar-refractivity contribution in [3.8, 4) is 5.75 Å². The number of carbonyl (C=O) groups excluding carboxylic acids is 1. The maximum Gasteiger partial charge on any atom is 0.217 e. The first-order valence-corrected chi connectivity index (χ1v) is 4.83. The van der Waals surface area contributed by atoms with Gasteiger partial charge in [-0.15, -0.1) is 0 Å². The highest BCUT2D eigenvalue weighted by Gasteiger charge is 2.09. The van der Waals surface area contributed by atoms with Crippen LogP contribution < -0.4 is 10.3 Å². The molecule has 0 heterocycles. The van der Waals surface area contributed by atoms with Gasteiger partial charge in [0.05, 0.1) is 6.04 Å². The molecule has 82 valence electrons. The topological polar surface area (TPSA) is 38.3 Å². The quantitative estimate of drug-likeness (QED) is 0.831. The Morgan fingerprint density at radius 2 is 2.07 bits per heavy atom. The van der Waals surface area contributed by atoms with E-state index in [0.29, 0.717) is 0 Å². The number of rotatable bonds is 4. The molecule has 1 amide bonds. The number of carbonyl (C=O) groups is 1. The van der Waals surface area contributed by atoms with Crippen molar-refractivity contribution in [1.82, 2.24) is 5.32 Å². The van der Waals surface area contributed by atoms with E-state index in [1.807, 2.05) is 6.92 Å². The molecule has 0 saturated carbocycles. The van der Waals surface area contributed by atoms with Gasteiger partial charge in [-0.05, 0) is 24.1 Å². The first-order valence-electron chi connectivity index (χ1n) is 4.83. The summed E-state index contributed by atoms with van der Waals surface area (Å²) in [7, 11) is 0. The summed E-state index contributed by atoms with van der Waals surface area (Å²) in [6.45, 7) is 3.45. The van der Waals surface area contributed by atoms with Crippen LogP contribution in [0.15, 0.2) is 24.3 Å². The standard InChI is InChI=1S/C11H14FNO2/c1-3-11(13-8(2)14)9-4-6-10(15-12)7-5-9/h4-7,11H,3H2,1-2H3,(H,13,14). The Morgan fingerprint density at radius 3 is 2.47 bits per heavy atom. The lowest BCUT2D eigenvalue weighted by atomic mass is 10.0. The van der Waals surface area contributed by atoms with Crippen LogP contribution in [0.2, 0.25) is 0 Å². The van der Waals surface area contributed by atoms with Crippen molar-refractivity contribution >= 4 is 5.91 Å². The molecule has 0 aliphatic heterocycles. The Bertz CT molecular complexity index is 324. The summed E-state index contributed by atoms with van der Waals surface area (Å²) in [6, 6.07) is 6.49. The average Bonchev–Trinajstić information content (AvgIpc) is 2.26. The number of nitrogens with one attached hydrogen (secondary N) is 1. The minimum absolute atomic E-state index is 0.0313. The summed E-state index contributed by atoms with van der Waals surface area (Å²) >= 11 is 0. The second-order valence-corrected chi connectivity index (χ2v) is 3.31. The molecule has 0 fully saturated rings. The van der Waals surface area contributed by atoms with E-state index in [-0.39, 0.29) is 17.7 Å². The first kappa shape index (κ1) is 11.5. The van der Waals surface area contributed by atoms with Crippen molar-refractivity contribution in [2.45, 2.75) is 26.3 Å². The number of benzene rings is 1. The van der Waals surface area contributed by atoms with Crippen LogP contribution in [0.3, 0.4) is 0 Å². The Labute approximate surface area is 88.1 Å². The van der Waals surface area contributed by atoms with Gasteiger partial charge in [-0.2, -0.15) is 0 Å². The summed E-state index contributed by atoms with van der Waals surface area (Å²) < 4.78 is 11.8. The van der Waals surface area contributed by atoms with Gasteiger partial charge in [0.1, 0.15) is 0 Å². The lowest BCUT2D eigenvalue weighted by Gasteiger charge is -2.16. The SMILES string of the molecule is CCC(NC(C)=O)c1ccc(OF)cc1. The predicted octanol–water partition coefficient (Wildman–Crippen LogP) is 2.54. The van der Waals surface area contributed by atoms with Gasteiger partial charge in [-0.25, -0.2) is 0 Å².